The molecule has 0 amide bonds. The van der Waals surface area contributed by atoms with Crippen LogP contribution in [-0.4, -0.2) is 15.6 Å². The van der Waals surface area contributed by atoms with Gasteiger partial charge in [-0.2, -0.15) is 5.10 Å². The van der Waals surface area contributed by atoms with Crippen LogP contribution in [0.3, 0.4) is 0 Å². The fraction of sp³-hybridized carbons (Fsp3) is 0.733. The lowest BCUT2D eigenvalue weighted by Crippen LogP contribution is -2.09. The first-order valence-electron chi connectivity index (χ1n) is 7.23. The number of nitrogens with zero attached hydrogens (tertiary/aromatic N) is 2. The summed E-state index contributed by atoms with van der Waals surface area (Å²) in [6.45, 7) is 4.21. The summed E-state index contributed by atoms with van der Waals surface area (Å²) in [5.41, 5.74) is 0.942. The van der Waals surface area contributed by atoms with E-state index in [4.69, 9.17) is 0 Å². The molecule has 0 bridgehead atoms. The molecule has 1 aromatic rings. The minimum Gasteiger partial charge on any atom is -0.299 e. The fourth-order valence-electron chi connectivity index (χ4n) is 3.53. The standard InChI is InChI=1S/C15H22N2O/c1-10(2)17-8-7-11(16-17)9-14(18)15-12-5-3-4-6-13(12)15/h7-8,10,12-13,15H,3-6,9H2,1-2H3. The highest BCUT2D eigenvalue weighted by atomic mass is 16.1. The predicted molar refractivity (Wildman–Crippen MR) is 70.3 cm³/mol. The summed E-state index contributed by atoms with van der Waals surface area (Å²) < 4.78 is 1.93. The van der Waals surface area contributed by atoms with Gasteiger partial charge in [0.15, 0.2) is 0 Å². The van der Waals surface area contributed by atoms with Gasteiger partial charge >= 0.3 is 0 Å². The maximum atomic E-state index is 12.3. The number of rotatable bonds is 4. The number of fused-ring (bicyclic) bond motifs is 1. The summed E-state index contributed by atoms with van der Waals surface area (Å²) in [5.74, 6) is 2.24. The molecule has 2 unspecified atom stereocenters. The third-order valence-electron chi connectivity index (χ3n) is 4.58. The summed E-state index contributed by atoms with van der Waals surface area (Å²) in [4.78, 5) is 12.3. The Hall–Kier alpha value is -1.12. The topological polar surface area (TPSA) is 34.9 Å². The highest BCUT2D eigenvalue weighted by molar-refractivity contribution is 5.86. The first-order valence-corrected chi connectivity index (χ1v) is 7.23. The Morgan fingerprint density at radius 2 is 2.06 bits per heavy atom. The average Bonchev–Trinajstić information content (AvgIpc) is 2.90. The summed E-state index contributed by atoms with van der Waals surface area (Å²) in [5, 5.41) is 4.47. The van der Waals surface area contributed by atoms with Gasteiger partial charge in [0.25, 0.3) is 0 Å². The van der Waals surface area contributed by atoms with E-state index in [1.807, 2.05) is 16.9 Å². The number of carbonyl (C=O) groups excluding carboxylic acids is 1. The molecule has 3 heteroatoms. The zero-order valence-electron chi connectivity index (χ0n) is 11.3. The third-order valence-corrected chi connectivity index (χ3v) is 4.58. The lowest BCUT2D eigenvalue weighted by atomic mass is 10.0. The molecule has 2 atom stereocenters. The normalized spacial score (nSPS) is 30.3. The van der Waals surface area contributed by atoms with Gasteiger partial charge < -0.3 is 0 Å². The second-order valence-electron chi connectivity index (χ2n) is 6.16. The first-order chi connectivity index (χ1) is 8.66. The molecule has 3 rings (SSSR count). The van der Waals surface area contributed by atoms with E-state index >= 15 is 0 Å². The lowest BCUT2D eigenvalue weighted by Gasteiger charge is -2.04. The Bertz CT molecular complexity index is 437. The number of hydrogen-bond acceptors (Lipinski definition) is 2. The van der Waals surface area contributed by atoms with Gasteiger partial charge in [0, 0.05) is 18.2 Å². The molecule has 2 saturated carbocycles. The molecule has 0 spiro atoms. The van der Waals surface area contributed by atoms with Crippen LogP contribution in [0.5, 0.6) is 0 Å². The number of aromatic nitrogens is 2. The second kappa shape index (κ2) is 4.52. The molecular weight excluding hydrogens is 224 g/mol. The van der Waals surface area contributed by atoms with Gasteiger partial charge in [-0.25, -0.2) is 0 Å². The van der Waals surface area contributed by atoms with E-state index in [1.54, 1.807) is 0 Å². The Morgan fingerprint density at radius 1 is 1.39 bits per heavy atom. The third kappa shape index (κ3) is 2.11. The highest BCUT2D eigenvalue weighted by Gasteiger charge is 2.54. The summed E-state index contributed by atoms with van der Waals surface area (Å²) in [6, 6.07) is 2.36. The van der Waals surface area contributed by atoms with Gasteiger partial charge in [-0.1, -0.05) is 12.8 Å². The van der Waals surface area contributed by atoms with Crippen molar-refractivity contribution in [2.24, 2.45) is 17.8 Å². The first kappa shape index (κ1) is 11.9. The molecule has 3 nitrogen and oxygen atoms in total. The van der Waals surface area contributed by atoms with Crippen LogP contribution in [0.15, 0.2) is 12.3 Å². The number of hydrogen-bond donors (Lipinski definition) is 0. The van der Waals surface area contributed by atoms with Crippen molar-refractivity contribution in [1.82, 2.24) is 9.78 Å². The van der Waals surface area contributed by atoms with E-state index in [0.29, 0.717) is 24.2 Å². The Kier molecular flexibility index (Phi) is 3.00. The van der Waals surface area contributed by atoms with Gasteiger partial charge in [-0.05, 0) is 44.6 Å². The van der Waals surface area contributed by atoms with E-state index in [9.17, 15) is 4.79 Å². The van der Waals surface area contributed by atoms with Crippen LogP contribution < -0.4 is 0 Å². The zero-order valence-corrected chi connectivity index (χ0v) is 11.3. The molecule has 0 aliphatic heterocycles. The van der Waals surface area contributed by atoms with E-state index in [2.05, 4.69) is 18.9 Å². The van der Waals surface area contributed by atoms with Crippen LogP contribution in [0.25, 0.3) is 0 Å². The molecule has 18 heavy (non-hydrogen) atoms. The second-order valence-corrected chi connectivity index (χ2v) is 6.16. The van der Waals surface area contributed by atoms with E-state index in [0.717, 1.165) is 17.5 Å². The van der Waals surface area contributed by atoms with Gasteiger partial charge in [0.1, 0.15) is 5.78 Å². The van der Waals surface area contributed by atoms with Crippen LogP contribution >= 0.6 is 0 Å². The minimum atomic E-state index is 0.372. The van der Waals surface area contributed by atoms with Gasteiger partial charge in [-0.3, -0.25) is 9.48 Å². The monoisotopic (exact) mass is 246 g/mol. The Balaban J connectivity index is 1.61. The molecule has 0 aromatic carbocycles. The molecule has 0 saturated heterocycles. The number of Topliss-reactive ketones (excluding diaryl/α,β-unsaturated/α-hetero) is 1. The van der Waals surface area contributed by atoms with Crippen LogP contribution in [-0.2, 0) is 11.2 Å². The molecule has 98 valence electrons. The molecule has 1 heterocycles. The van der Waals surface area contributed by atoms with Crippen molar-refractivity contribution in [2.75, 3.05) is 0 Å². The molecule has 1 aromatic heterocycles. The smallest absolute Gasteiger partial charge is 0.142 e. The van der Waals surface area contributed by atoms with Crippen molar-refractivity contribution in [3.63, 3.8) is 0 Å². The molecule has 0 N–H and O–H groups in total. The Morgan fingerprint density at radius 3 is 2.61 bits per heavy atom. The van der Waals surface area contributed by atoms with Crippen molar-refractivity contribution in [1.29, 1.82) is 0 Å². The lowest BCUT2D eigenvalue weighted by molar-refractivity contribution is -0.120. The molecule has 2 aliphatic carbocycles. The quantitative estimate of drug-likeness (QED) is 0.818. The SMILES string of the molecule is CC(C)n1ccc(CC(=O)C2C3CCCCC32)n1. The minimum absolute atomic E-state index is 0.372. The van der Waals surface area contributed by atoms with Crippen LogP contribution in [0.4, 0.5) is 0 Å². The number of carbonyl (C=O) groups is 1. The zero-order chi connectivity index (χ0) is 12.7. The predicted octanol–water partition coefficient (Wildman–Crippen LogP) is 3.01. The maximum absolute atomic E-state index is 12.3. The van der Waals surface area contributed by atoms with Crippen molar-refractivity contribution >= 4 is 5.78 Å². The Labute approximate surface area is 109 Å². The number of ketones is 1. The molecule has 2 fully saturated rings. The van der Waals surface area contributed by atoms with Gasteiger partial charge in [0.2, 0.25) is 0 Å². The van der Waals surface area contributed by atoms with Crippen LogP contribution in [0, 0.1) is 17.8 Å². The van der Waals surface area contributed by atoms with Crippen molar-refractivity contribution in [3.05, 3.63) is 18.0 Å². The highest BCUT2D eigenvalue weighted by Crippen LogP contribution is 2.55. The van der Waals surface area contributed by atoms with Crippen molar-refractivity contribution < 1.29 is 4.79 Å². The average molecular weight is 246 g/mol. The molecule has 0 radical (unpaired) electrons. The maximum Gasteiger partial charge on any atom is 0.142 e. The van der Waals surface area contributed by atoms with Crippen LogP contribution in [0.2, 0.25) is 0 Å². The van der Waals surface area contributed by atoms with E-state index < -0.39 is 0 Å². The fourth-order valence-corrected chi connectivity index (χ4v) is 3.53. The molecule has 2 aliphatic rings. The van der Waals surface area contributed by atoms with Crippen molar-refractivity contribution in [3.8, 4) is 0 Å². The summed E-state index contributed by atoms with van der Waals surface area (Å²) in [6.07, 6.45) is 7.73. The van der Waals surface area contributed by atoms with E-state index in [1.165, 1.54) is 25.7 Å². The van der Waals surface area contributed by atoms with Crippen LogP contribution in [0.1, 0.15) is 51.3 Å². The molecular formula is C15H22N2O. The van der Waals surface area contributed by atoms with Gasteiger partial charge in [0.05, 0.1) is 12.1 Å². The summed E-state index contributed by atoms with van der Waals surface area (Å²) >= 11 is 0. The summed E-state index contributed by atoms with van der Waals surface area (Å²) in [7, 11) is 0. The van der Waals surface area contributed by atoms with E-state index in [-0.39, 0.29) is 0 Å². The largest absolute Gasteiger partial charge is 0.299 e. The van der Waals surface area contributed by atoms with Crippen molar-refractivity contribution in [2.45, 2.75) is 52.0 Å². The van der Waals surface area contributed by atoms with Gasteiger partial charge in [-0.15, -0.1) is 0 Å².